The molecule has 0 aliphatic heterocycles. The molecule has 35 heavy (non-hydrogen) atoms. The van der Waals surface area contributed by atoms with Crippen LogP contribution in [0.2, 0.25) is 0 Å². The fraction of sp³-hybridized carbons (Fsp3) is 0.125. The molecular weight excluding hydrogens is 444 g/mol. The van der Waals surface area contributed by atoms with Crippen molar-refractivity contribution >= 4 is 23.1 Å². The summed E-state index contributed by atoms with van der Waals surface area (Å²) in [5, 5.41) is 30.3. The Balaban J connectivity index is 1.23. The van der Waals surface area contributed by atoms with Gasteiger partial charge in [0, 0.05) is 22.6 Å². The SMILES string of the molecule is Cc1nn(-c2ccc(Nc3ccc(NC(=O)c4cccc(-n5cnnn5)c4)cc3)nn2)c(C)c1C. The number of hydrogen-bond acceptors (Lipinski definition) is 8. The number of nitrogens with one attached hydrogen (secondary N) is 2. The van der Waals surface area contributed by atoms with Gasteiger partial charge in [0.05, 0.1) is 11.4 Å². The fourth-order valence-corrected chi connectivity index (χ4v) is 3.51. The average Bonchev–Trinajstić information content (AvgIpc) is 3.51. The van der Waals surface area contributed by atoms with Crippen molar-refractivity contribution in [3.63, 3.8) is 0 Å². The van der Waals surface area contributed by atoms with Crippen molar-refractivity contribution in [2.75, 3.05) is 10.6 Å². The molecule has 5 aromatic rings. The number of amides is 1. The van der Waals surface area contributed by atoms with Crippen molar-refractivity contribution in [3.05, 3.63) is 89.5 Å². The molecule has 174 valence electrons. The van der Waals surface area contributed by atoms with Crippen molar-refractivity contribution in [2.45, 2.75) is 20.8 Å². The lowest BCUT2D eigenvalue weighted by Crippen LogP contribution is -2.12. The summed E-state index contributed by atoms with van der Waals surface area (Å²) in [5.74, 6) is 1.02. The van der Waals surface area contributed by atoms with E-state index in [0.29, 0.717) is 28.6 Å². The van der Waals surface area contributed by atoms with Gasteiger partial charge in [0.15, 0.2) is 11.6 Å². The molecule has 0 atom stereocenters. The van der Waals surface area contributed by atoms with Gasteiger partial charge in [-0.25, -0.2) is 9.36 Å². The molecule has 0 aliphatic carbocycles. The zero-order valence-corrected chi connectivity index (χ0v) is 19.3. The highest BCUT2D eigenvalue weighted by Crippen LogP contribution is 2.20. The highest BCUT2D eigenvalue weighted by molar-refractivity contribution is 6.04. The maximum Gasteiger partial charge on any atom is 0.255 e. The first-order valence-electron chi connectivity index (χ1n) is 10.9. The van der Waals surface area contributed by atoms with Crippen LogP contribution in [0, 0.1) is 20.8 Å². The van der Waals surface area contributed by atoms with Gasteiger partial charge < -0.3 is 10.6 Å². The summed E-state index contributed by atoms with van der Waals surface area (Å²) in [5.41, 5.74) is 5.82. The molecule has 1 amide bonds. The minimum absolute atomic E-state index is 0.235. The van der Waals surface area contributed by atoms with Crippen LogP contribution < -0.4 is 10.6 Å². The summed E-state index contributed by atoms with van der Waals surface area (Å²) in [7, 11) is 0. The van der Waals surface area contributed by atoms with E-state index in [4.69, 9.17) is 0 Å². The van der Waals surface area contributed by atoms with Crippen LogP contribution >= 0.6 is 0 Å². The second kappa shape index (κ2) is 9.14. The molecule has 5 rings (SSSR count). The lowest BCUT2D eigenvalue weighted by atomic mass is 10.2. The summed E-state index contributed by atoms with van der Waals surface area (Å²) < 4.78 is 3.28. The fourth-order valence-electron chi connectivity index (χ4n) is 3.51. The summed E-state index contributed by atoms with van der Waals surface area (Å²) in [4.78, 5) is 12.7. The maximum atomic E-state index is 12.7. The van der Waals surface area contributed by atoms with Crippen LogP contribution in [0.25, 0.3) is 11.5 Å². The lowest BCUT2D eigenvalue weighted by Gasteiger charge is -2.09. The number of carbonyl (C=O) groups is 1. The summed E-state index contributed by atoms with van der Waals surface area (Å²) in [6.07, 6.45) is 1.47. The van der Waals surface area contributed by atoms with E-state index in [-0.39, 0.29) is 5.91 Å². The monoisotopic (exact) mass is 466 g/mol. The molecule has 0 spiro atoms. The third-order valence-electron chi connectivity index (χ3n) is 5.66. The second-order valence-electron chi connectivity index (χ2n) is 7.95. The van der Waals surface area contributed by atoms with Crippen LogP contribution in [0.3, 0.4) is 0 Å². The van der Waals surface area contributed by atoms with Crippen LogP contribution in [0.15, 0.2) is 67.0 Å². The van der Waals surface area contributed by atoms with Gasteiger partial charge in [-0.3, -0.25) is 4.79 Å². The molecule has 0 aliphatic rings. The van der Waals surface area contributed by atoms with E-state index >= 15 is 0 Å². The number of hydrogen-bond donors (Lipinski definition) is 2. The predicted molar refractivity (Wildman–Crippen MR) is 130 cm³/mol. The quantitative estimate of drug-likeness (QED) is 0.389. The van der Waals surface area contributed by atoms with Crippen LogP contribution in [-0.2, 0) is 0 Å². The Bertz CT molecular complexity index is 1470. The molecule has 2 aromatic carbocycles. The highest BCUT2D eigenvalue weighted by Gasteiger charge is 2.11. The van der Waals surface area contributed by atoms with E-state index in [1.807, 2.05) is 63.2 Å². The number of rotatable bonds is 6. The molecule has 3 aromatic heterocycles. The van der Waals surface area contributed by atoms with Crippen LogP contribution in [-0.4, -0.2) is 46.1 Å². The Hall–Kier alpha value is -4.93. The molecule has 0 bridgehead atoms. The molecule has 2 N–H and O–H groups in total. The van der Waals surface area contributed by atoms with Crippen molar-refractivity contribution in [2.24, 2.45) is 0 Å². The third-order valence-corrected chi connectivity index (χ3v) is 5.66. The van der Waals surface area contributed by atoms with E-state index in [1.54, 1.807) is 22.9 Å². The van der Waals surface area contributed by atoms with Gasteiger partial charge in [-0.15, -0.1) is 15.3 Å². The normalized spacial score (nSPS) is 10.8. The Morgan fingerprint density at radius 2 is 1.71 bits per heavy atom. The average molecular weight is 467 g/mol. The highest BCUT2D eigenvalue weighted by atomic mass is 16.1. The van der Waals surface area contributed by atoms with E-state index in [0.717, 1.165) is 22.6 Å². The second-order valence-corrected chi connectivity index (χ2v) is 7.95. The van der Waals surface area contributed by atoms with E-state index < -0.39 is 0 Å². The number of anilines is 3. The summed E-state index contributed by atoms with van der Waals surface area (Å²) in [6, 6.07) is 18.1. The number of benzene rings is 2. The lowest BCUT2D eigenvalue weighted by molar-refractivity contribution is 0.102. The van der Waals surface area contributed by atoms with Crippen LogP contribution in [0.5, 0.6) is 0 Å². The van der Waals surface area contributed by atoms with Gasteiger partial charge in [-0.2, -0.15) is 5.10 Å². The molecule has 0 radical (unpaired) electrons. The summed E-state index contributed by atoms with van der Waals surface area (Å²) in [6.45, 7) is 6.02. The zero-order valence-electron chi connectivity index (χ0n) is 19.3. The number of carbonyl (C=O) groups excluding carboxylic acids is 1. The number of nitrogens with zero attached hydrogens (tertiary/aromatic N) is 8. The van der Waals surface area contributed by atoms with E-state index in [1.165, 1.54) is 11.0 Å². The Morgan fingerprint density at radius 3 is 2.37 bits per heavy atom. The van der Waals surface area contributed by atoms with Gasteiger partial charge >= 0.3 is 0 Å². The smallest absolute Gasteiger partial charge is 0.255 e. The van der Waals surface area contributed by atoms with E-state index in [9.17, 15) is 4.79 Å². The maximum absolute atomic E-state index is 12.7. The zero-order chi connectivity index (χ0) is 24.4. The third kappa shape index (κ3) is 4.60. The van der Waals surface area contributed by atoms with Gasteiger partial charge in [-0.05, 0) is 91.4 Å². The van der Waals surface area contributed by atoms with Crippen LogP contribution in [0.1, 0.15) is 27.3 Å². The molecule has 0 saturated carbocycles. The van der Waals surface area contributed by atoms with Gasteiger partial charge in [0.2, 0.25) is 0 Å². The number of aryl methyl sites for hydroxylation is 1. The van der Waals surface area contributed by atoms with Gasteiger partial charge in [0.1, 0.15) is 6.33 Å². The van der Waals surface area contributed by atoms with Crippen molar-refractivity contribution in [1.29, 1.82) is 0 Å². The minimum atomic E-state index is -0.235. The molecule has 11 heteroatoms. The van der Waals surface area contributed by atoms with Gasteiger partial charge in [0.25, 0.3) is 5.91 Å². The predicted octanol–water partition coefficient (Wildman–Crippen LogP) is 3.56. The summed E-state index contributed by atoms with van der Waals surface area (Å²) >= 11 is 0. The molecule has 0 unspecified atom stereocenters. The van der Waals surface area contributed by atoms with Gasteiger partial charge in [-0.1, -0.05) is 6.07 Å². The molecule has 11 nitrogen and oxygen atoms in total. The number of tetrazole rings is 1. The standard InChI is InChI=1S/C24H22N10O/c1-15-16(2)30-34(17(15)3)23-12-11-22(28-29-23)26-19-7-9-20(10-8-19)27-24(35)18-5-4-6-21(13-18)33-14-25-31-32-33/h4-14H,1-3H3,(H,26,28)(H,27,35). The number of aromatic nitrogens is 8. The van der Waals surface area contributed by atoms with Crippen molar-refractivity contribution in [1.82, 2.24) is 40.2 Å². The largest absolute Gasteiger partial charge is 0.339 e. The molecule has 3 heterocycles. The molecule has 0 saturated heterocycles. The first-order valence-corrected chi connectivity index (χ1v) is 10.9. The Labute approximate surface area is 200 Å². The first kappa shape index (κ1) is 21.9. The topological polar surface area (TPSA) is 128 Å². The minimum Gasteiger partial charge on any atom is -0.339 e. The molecular formula is C24H22N10O. The van der Waals surface area contributed by atoms with Crippen molar-refractivity contribution in [3.8, 4) is 11.5 Å². The van der Waals surface area contributed by atoms with Crippen molar-refractivity contribution < 1.29 is 4.79 Å². The Kier molecular flexibility index (Phi) is 5.71. The van der Waals surface area contributed by atoms with Crippen LogP contribution in [0.4, 0.5) is 17.2 Å². The first-order chi connectivity index (χ1) is 17.0. The van der Waals surface area contributed by atoms with E-state index in [2.05, 4.69) is 41.5 Å². The molecule has 0 fully saturated rings. The Morgan fingerprint density at radius 1 is 0.914 bits per heavy atom.